The van der Waals surface area contributed by atoms with Crippen molar-refractivity contribution in [1.82, 2.24) is 9.88 Å². The molecule has 0 aliphatic heterocycles. The van der Waals surface area contributed by atoms with Crippen LogP contribution < -0.4 is 5.32 Å². The first kappa shape index (κ1) is 15.4. The fourth-order valence-corrected chi connectivity index (χ4v) is 1.94. The first-order valence-corrected chi connectivity index (χ1v) is 6.45. The smallest absolute Gasteiger partial charge is 0.252 e. The van der Waals surface area contributed by atoms with E-state index < -0.39 is 11.8 Å². The Morgan fingerprint density at radius 1 is 1.23 bits per heavy atom. The lowest BCUT2D eigenvalue weighted by atomic mass is 10.2. The normalized spacial score (nSPS) is 12.0. The fourth-order valence-electron chi connectivity index (χ4n) is 1.94. The molecule has 2 aromatic rings. The van der Waals surface area contributed by atoms with E-state index in [4.69, 9.17) is 0 Å². The van der Waals surface area contributed by atoms with Gasteiger partial charge in [0.25, 0.3) is 5.96 Å². The van der Waals surface area contributed by atoms with Crippen LogP contribution in [0.25, 0.3) is 10.9 Å². The SMILES string of the molecule is CC(=O)N=C(N=Nc1c(O)n(C)c2ccccc12)NC(C)=O. The third-order valence-electron chi connectivity index (χ3n) is 2.85. The molecule has 1 aromatic carbocycles. The quantitative estimate of drug-likeness (QED) is 0.477. The summed E-state index contributed by atoms with van der Waals surface area (Å²) in [6.07, 6.45) is 0. The molecule has 0 saturated carbocycles. The fraction of sp³-hybridized carbons (Fsp3) is 0.214. The van der Waals surface area contributed by atoms with Crippen LogP contribution in [0, 0.1) is 0 Å². The molecule has 0 radical (unpaired) electrons. The zero-order valence-corrected chi connectivity index (χ0v) is 12.4. The number of aromatic hydroxyl groups is 1. The predicted molar refractivity (Wildman–Crippen MR) is 81.0 cm³/mol. The molecule has 0 aliphatic carbocycles. The second-order valence-electron chi connectivity index (χ2n) is 4.58. The van der Waals surface area contributed by atoms with Gasteiger partial charge in [0.15, 0.2) is 5.69 Å². The Kier molecular flexibility index (Phi) is 4.31. The van der Waals surface area contributed by atoms with Crippen molar-refractivity contribution in [2.75, 3.05) is 0 Å². The third kappa shape index (κ3) is 3.17. The molecular formula is C14H15N5O3. The molecule has 0 aliphatic rings. The van der Waals surface area contributed by atoms with Crippen LogP contribution in [0.1, 0.15) is 13.8 Å². The standard InChI is InChI=1S/C14H15N5O3/c1-8(20)15-14(16-9(2)21)18-17-12-10-6-4-5-7-11(10)19(3)13(12)22/h4-7,22H,1-3H3,(H,15,16,20,21). The highest BCUT2D eigenvalue weighted by molar-refractivity contribution is 6.01. The Morgan fingerprint density at radius 2 is 1.91 bits per heavy atom. The monoisotopic (exact) mass is 301 g/mol. The maximum Gasteiger partial charge on any atom is 0.252 e. The number of aromatic nitrogens is 1. The summed E-state index contributed by atoms with van der Waals surface area (Å²) in [6, 6.07) is 7.25. The average Bonchev–Trinajstić information content (AvgIpc) is 2.68. The van der Waals surface area contributed by atoms with Crippen LogP contribution in [0.5, 0.6) is 5.88 Å². The highest BCUT2D eigenvalue weighted by Gasteiger charge is 2.14. The van der Waals surface area contributed by atoms with Crippen molar-refractivity contribution in [3.8, 4) is 5.88 Å². The number of azo groups is 1. The van der Waals surface area contributed by atoms with Gasteiger partial charge in [-0.15, -0.1) is 10.2 Å². The maximum atomic E-state index is 11.1. The predicted octanol–water partition coefficient (Wildman–Crippen LogP) is 2.01. The van der Waals surface area contributed by atoms with Gasteiger partial charge in [0.2, 0.25) is 17.7 Å². The van der Waals surface area contributed by atoms with E-state index in [1.54, 1.807) is 23.7 Å². The minimum atomic E-state index is -0.523. The molecule has 2 rings (SSSR count). The van der Waals surface area contributed by atoms with Crippen LogP contribution in [0.15, 0.2) is 39.5 Å². The molecule has 114 valence electrons. The van der Waals surface area contributed by atoms with Crippen molar-refractivity contribution in [2.45, 2.75) is 13.8 Å². The second-order valence-corrected chi connectivity index (χ2v) is 4.58. The summed E-state index contributed by atoms with van der Waals surface area (Å²) in [7, 11) is 1.69. The Labute approximate surface area is 126 Å². The van der Waals surface area contributed by atoms with Gasteiger partial charge < -0.3 is 9.67 Å². The number of hydrogen-bond acceptors (Lipinski definition) is 4. The summed E-state index contributed by atoms with van der Waals surface area (Å²) in [6.45, 7) is 2.49. The molecule has 2 N–H and O–H groups in total. The number of nitrogens with zero attached hydrogens (tertiary/aromatic N) is 4. The number of nitrogens with one attached hydrogen (secondary N) is 1. The van der Waals surface area contributed by atoms with Crippen LogP contribution in [-0.2, 0) is 16.6 Å². The molecular weight excluding hydrogens is 286 g/mol. The molecule has 22 heavy (non-hydrogen) atoms. The molecule has 2 amide bonds. The number of hydrogen-bond donors (Lipinski definition) is 2. The molecule has 1 aromatic heterocycles. The van der Waals surface area contributed by atoms with E-state index in [0.29, 0.717) is 5.39 Å². The molecule has 0 atom stereocenters. The third-order valence-corrected chi connectivity index (χ3v) is 2.85. The minimum Gasteiger partial charge on any atom is -0.493 e. The van der Waals surface area contributed by atoms with Crippen molar-refractivity contribution in [3.05, 3.63) is 24.3 Å². The summed E-state index contributed by atoms with van der Waals surface area (Å²) in [4.78, 5) is 25.7. The number of fused-ring (bicyclic) bond motifs is 1. The number of aryl methyl sites for hydroxylation is 1. The number of amides is 2. The van der Waals surface area contributed by atoms with Gasteiger partial charge in [0, 0.05) is 26.3 Å². The zero-order chi connectivity index (χ0) is 16.3. The summed E-state index contributed by atoms with van der Waals surface area (Å²) in [5.74, 6) is -1.26. The number of para-hydroxylation sites is 1. The zero-order valence-electron chi connectivity index (χ0n) is 12.4. The summed E-state index contributed by atoms with van der Waals surface area (Å²) >= 11 is 0. The van der Waals surface area contributed by atoms with Gasteiger partial charge in [-0.2, -0.15) is 4.99 Å². The number of guanidine groups is 1. The topological polar surface area (TPSA) is 108 Å². The molecule has 0 unspecified atom stereocenters. The summed E-state index contributed by atoms with van der Waals surface area (Å²) < 4.78 is 1.56. The maximum absolute atomic E-state index is 11.1. The minimum absolute atomic E-state index is 0.0741. The van der Waals surface area contributed by atoms with E-state index in [1.807, 2.05) is 12.1 Å². The Morgan fingerprint density at radius 3 is 2.55 bits per heavy atom. The van der Waals surface area contributed by atoms with Crippen molar-refractivity contribution in [1.29, 1.82) is 0 Å². The van der Waals surface area contributed by atoms with E-state index in [0.717, 1.165) is 5.52 Å². The number of rotatable bonds is 1. The lowest BCUT2D eigenvalue weighted by Crippen LogP contribution is -2.26. The molecule has 8 heteroatoms. The summed E-state index contributed by atoms with van der Waals surface area (Å²) in [5.41, 5.74) is 1.01. The Bertz CT molecular complexity index is 804. The first-order valence-electron chi connectivity index (χ1n) is 6.45. The number of aliphatic imine (C=N–C) groups is 1. The van der Waals surface area contributed by atoms with E-state index in [2.05, 4.69) is 20.5 Å². The van der Waals surface area contributed by atoms with Gasteiger partial charge in [-0.05, 0) is 6.07 Å². The van der Waals surface area contributed by atoms with Gasteiger partial charge in [0.1, 0.15) is 0 Å². The van der Waals surface area contributed by atoms with Crippen LogP contribution in [0.4, 0.5) is 5.69 Å². The first-order chi connectivity index (χ1) is 10.4. The van der Waals surface area contributed by atoms with Crippen LogP contribution in [0.3, 0.4) is 0 Å². The molecule has 0 saturated heterocycles. The van der Waals surface area contributed by atoms with E-state index in [-0.39, 0.29) is 17.5 Å². The number of carbonyl (C=O) groups is 2. The Balaban J connectivity index is 2.46. The van der Waals surface area contributed by atoms with Crippen molar-refractivity contribution < 1.29 is 14.7 Å². The van der Waals surface area contributed by atoms with Gasteiger partial charge in [-0.1, -0.05) is 18.2 Å². The highest BCUT2D eigenvalue weighted by Crippen LogP contribution is 2.37. The van der Waals surface area contributed by atoms with Crippen molar-refractivity contribution >= 4 is 34.4 Å². The van der Waals surface area contributed by atoms with Crippen LogP contribution >= 0.6 is 0 Å². The van der Waals surface area contributed by atoms with E-state index >= 15 is 0 Å². The molecule has 0 spiro atoms. The number of benzene rings is 1. The van der Waals surface area contributed by atoms with Gasteiger partial charge in [-0.25, -0.2) is 0 Å². The number of carbonyl (C=O) groups excluding carboxylic acids is 2. The lowest BCUT2D eigenvalue weighted by molar-refractivity contribution is -0.117. The van der Waals surface area contributed by atoms with Crippen molar-refractivity contribution in [2.24, 2.45) is 22.3 Å². The average molecular weight is 301 g/mol. The lowest BCUT2D eigenvalue weighted by Gasteiger charge is -1.98. The van der Waals surface area contributed by atoms with Crippen LogP contribution in [0.2, 0.25) is 0 Å². The largest absolute Gasteiger partial charge is 0.493 e. The molecule has 1 heterocycles. The molecule has 0 fully saturated rings. The van der Waals surface area contributed by atoms with E-state index in [9.17, 15) is 14.7 Å². The van der Waals surface area contributed by atoms with Crippen LogP contribution in [-0.4, -0.2) is 27.4 Å². The van der Waals surface area contributed by atoms with Gasteiger partial charge in [0.05, 0.1) is 5.52 Å². The molecule has 0 bridgehead atoms. The Hall–Kier alpha value is -3.03. The molecule has 8 nitrogen and oxygen atoms in total. The van der Waals surface area contributed by atoms with Crippen molar-refractivity contribution in [3.63, 3.8) is 0 Å². The second kappa shape index (κ2) is 6.17. The van der Waals surface area contributed by atoms with E-state index in [1.165, 1.54) is 13.8 Å². The summed E-state index contributed by atoms with van der Waals surface area (Å²) in [5, 5.41) is 20.8. The van der Waals surface area contributed by atoms with Gasteiger partial charge in [-0.3, -0.25) is 14.9 Å². The highest BCUT2D eigenvalue weighted by atomic mass is 16.3. The van der Waals surface area contributed by atoms with Gasteiger partial charge >= 0.3 is 0 Å².